The first-order chi connectivity index (χ1) is 14.2. The normalized spacial score (nSPS) is 10.3. The molecule has 4 rings (SSSR count). The van der Waals surface area contributed by atoms with Crippen LogP contribution in [0, 0.1) is 13.8 Å². The van der Waals surface area contributed by atoms with Gasteiger partial charge in [0.25, 0.3) is 0 Å². The second kappa shape index (κ2) is 11.0. The van der Waals surface area contributed by atoms with E-state index in [0.29, 0.717) is 5.88 Å². The molecule has 0 aliphatic carbocycles. The minimum absolute atomic E-state index is 0.446. The number of aryl methyl sites for hydroxylation is 2. The Balaban J connectivity index is 0.000000204. The maximum atomic E-state index is 5.70. The first kappa shape index (κ1) is 21.3. The summed E-state index contributed by atoms with van der Waals surface area (Å²) in [5.41, 5.74) is 3.79. The molecule has 0 fully saturated rings. The Labute approximate surface area is 181 Å². The quantitative estimate of drug-likeness (QED) is 0.263. The predicted octanol–water partition coefficient (Wildman–Crippen LogP) is 6.49. The first-order valence-corrected chi connectivity index (χ1v) is 11.6. The molecule has 4 aromatic rings. The van der Waals surface area contributed by atoms with E-state index >= 15 is 0 Å². The Morgan fingerprint density at radius 1 is 0.586 bits per heavy atom. The third-order valence-corrected chi connectivity index (χ3v) is 7.42. The van der Waals surface area contributed by atoms with Gasteiger partial charge in [-0.3, -0.25) is 0 Å². The standard InChI is InChI=1S/C18H15P.C9H11Cl/c1-4-10-16(11-5-1)19(17-12-6-2-7-13-17)18-14-8-3-9-15-18;1-7-3-4-8(2)9(5-7)6-10/h1-15H;3-5H,6H2,1-2H3. The van der Waals surface area contributed by atoms with E-state index in [0.717, 1.165) is 0 Å². The highest BCUT2D eigenvalue weighted by Gasteiger charge is 2.14. The highest BCUT2D eigenvalue weighted by atomic mass is 35.5. The molecule has 0 atom stereocenters. The van der Waals surface area contributed by atoms with Crippen LogP contribution >= 0.6 is 19.5 Å². The van der Waals surface area contributed by atoms with Crippen LogP contribution in [0.25, 0.3) is 0 Å². The van der Waals surface area contributed by atoms with E-state index in [9.17, 15) is 0 Å². The average Bonchev–Trinajstić information content (AvgIpc) is 2.78. The molecule has 146 valence electrons. The summed E-state index contributed by atoms with van der Waals surface area (Å²) in [5, 5.41) is 4.19. The number of rotatable bonds is 4. The van der Waals surface area contributed by atoms with Gasteiger partial charge in [0.1, 0.15) is 0 Å². The molecule has 29 heavy (non-hydrogen) atoms. The molecule has 2 heteroatoms. The van der Waals surface area contributed by atoms with Crippen molar-refractivity contribution < 1.29 is 0 Å². The molecule has 0 bridgehead atoms. The number of benzene rings is 4. The highest BCUT2D eigenvalue weighted by Crippen LogP contribution is 2.32. The van der Waals surface area contributed by atoms with Crippen molar-refractivity contribution in [1.82, 2.24) is 0 Å². The zero-order valence-electron chi connectivity index (χ0n) is 16.9. The molecule has 0 saturated carbocycles. The molecular weight excluding hydrogens is 391 g/mol. The lowest BCUT2D eigenvalue weighted by molar-refractivity contribution is 1.27. The second-order valence-electron chi connectivity index (χ2n) is 6.91. The largest absolute Gasteiger partial charge is 0.122 e. The molecule has 0 radical (unpaired) electrons. The van der Waals surface area contributed by atoms with Crippen molar-refractivity contribution in [3.05, 3.63) is 126 Å². The number of hydrogen-bond donors (Lipinski definition) is 0. The molecule has 0 saturated heterocycles. The van der Waals surface area contributed by atoms with E-state index in [1.807, 2.05) is 0 Å². The zero-order chi connectivity index (χ0) is 20.5. The predicted molar refractivity (Wildman–Crippen MR) is 131 cm³/mol. The topological polar surface area (TPSA) is 0 Å². The van der Waals surface area contributed by atoms with Gasteiger partial charge in [-0.1, -0.05) is 115 Å². The van der Waals surface area contributed by atoms with Gasteiger partial charge in [0.05, 0.1) is 0 Å². The summed E-state index contributed by atoms with van der Waals surface area (Å²) in [6, 6.07) is 38.7. The van der Waals surface area contributed by atoms with Crippen molar-refractivity contribution in [2.45, 2.75) is 19.7 Å². The van der Waals surface area contributed by atoms with Crippen LogP contribution in [0.2, 0.25) is 0 Å². The van der Waals surface area contributed by atoms with Gasteiger partial charge in [0.15, 0.2) is 0 Å². The minimum atomic E-state index is -0.446. The SMILES string of the molecule is Cc1ccc(C)c(CCl)c1.c1ccc(P(c2ccccc2)c2ccccc2)cc1. The summed E-state index contributed by atoms with van der Waals surface area (Å²) >= 11 is 5.70. The second-order valence-corrected chi connectivity index (χ2v) is 9.39. The number of hydrogen-bond acceptors (Lipinski definition) is 0. The lowest BCUT2D eigenvalue weighted by Gasteiger charge is -2.18. The number of alkyl halides is 1. The maximum absolute atomic E-state index is 5.70. The summed E-state index contributed by atoms with van der Waals surface area (Å²) in [5.74, 6) is 0.619. The maximum Gasteiger partial charge on any atom is 0.0476 e. The average molecular weight is 417 g/mol. The van der Waals surface area contributed by atoms with E-state index < -0.39 is 7.92 Å². The van der Waals surface area contributed by atoms with Crippen LogP contribution in [-0.4, -0.2) is 0 Å². The Hall–Kier alpha value is -2.40. The van der Waals surface area contributed by atoms with Crippen molar-refractivity contribution in [1.29, 1.82) is 0 Å². The summed E-state index contributed by atoms with van der Waals surface area (Å²) < 4.78 is 0. The van der Waals surface area contributed by atoms with Crippen molar-refractivity contribution in [3.8, 4) is 0 Å². The van der Waals surface area contributed by atoms with Gasteiger partial charge in [-0.05, 0) is 48.8 Å². The van der Waals surface area contributed by atoms with Crippen molar-refractivity contribution >= 4 is 35.4 Å². The fraction of sp³-hybridized carbons (Fsp3) is 0.111. The van der Waals surface area contributed by atoms with Crippen molar-refractivity contribution in [3.63, 3.8) is 0 Å². The molecule has 0 amide bonds. The lowest BCUT2D eigenvalue weighted by atomic mass is 10.1. The van der Waals surface area contributed by atoms with Gasteiger partial charge in [-0.2, -0.15) is 0 Å². The van der Waals surface area contributed by atoms with E-state index in [-0.39, 0.29) is 0 Å². The Bertz CT molecular complexity index is 904. The molecule has 0 spiro atoms. The van der Waals surface area contributed by atoms with Gasteiger partial charge in [-0.15, -0.1) is 11.6 Å². The van der Waals surface area contributed by atoms with Crippen LogP contribution in [0.1, 0.15) is 16.7 Å². The lowest BCUT2D eigenvalue weighted by Crippen LogP contribution is -2.20. The Morgan fingerprint density at radius 2 is 1.00 bits per heavy atom. The molecule has 0 heterocycles. The smallest absolute Gasteiger partial charge is 0.0476 e. The fourth-order valence-electron chi connectivity index (χ4n) is 3.12. The van der Waals surface area contributed by atoms with Gasteiger partial charge in [0, 0.05) is 5.88 Å². The molecule has 0 nitrogen and oxygen atoms in total. The van der Waals surface area contributed by atoms with Crippen LogP contribution < -0.4 is 15.9 Å². The van der Waals surface area contributed by atoms with Crippen molar-refractivity contribution in [2.75, 3.05) is 0 Å². The van der Waals surface area contributed by atoms with Gasteiger partial charge < -0.3 is 0 Å². The third kappa shape index (κ3) is 6.04. The molecule has 0 aromatic heterocycles. The monoisotopic (exact) mass is 416 g/mol. The molecule has 0 aliphatic heterocycles. The van der Waals surface area contributed by atoms with E-state index in [1.54, 1.807) is 0 Å². The molecule has 4 aromatic carbocycles. The number of halogens is 1. The molecule has 0 aliphatic rings. The Kier molecular flexibility index (Phi) is 8.05. The summed E-state index contributed by atoms with van der Waals surface area (Å²) in [7, 11) is -0.446. The highest BCUT2D eigenvalue weighted by molar-refractivity contribution is 7.79. The minimum Gasteiger partial charge on any atom is -0.122 e. The Morgan fingerprint density at radius 3 is 1.34 bits per heavy atom. The summed E-state index contributed by atoms with van der Waals surface area (Å²) in [6.45, 7) is 4.16. The van der Waals surface area contributed by atoms with Gasteiger partial charge in [0.2, 0.25) is 0 Å². The van der Waals surface area contributed by atoms with E-state index in [1.165, 1.54) is 32.6 Å². The van der Waals surface area contributed by atoms with Crippen molar-refractivity contribution in [2.24, 2.45) is 0 Å². The zero-order valence-corrected chi connectivity index (χ0v) is 18.6. The summed E-state index contributed by atoms with van der Waals surface area (Å²) in [6.07, 6.45) is 0. The van der Waals surface area contributed by atoms with Gasteiger partial charge >= 0.3 is 0 Å². The van der Waals surface area contributed by atoms with Crippen LogP contribution in [0.3, 0.4) is 0 Å². The first-order valence-electron chi connectivity index (χ1n) is 9.76. The third-order valence-electron chi connectivity index (χ3n) is 4.69. The van der Waals surface area contributed by atoms with Crippen LogP contribution in [0.5, 0.6) is 0 Å². The molecule has 0 N–H and O–H groups in total. The fourth-order valence-corrected chi connectivity index (χ4v) is 5.72. The summed E-state index contributed by atoms with van der Waals surface area (Å²) in [4.78, 5) is 0. The van der Waals surface area contributed by atoms with Crippen LogP contribution in [-0.2, 0) is 5.88 Å². The molecule has 0 unspecified atom stereocenters. The van der Waals surface area contributed by atoms with Crippen LogP contribution in [0.4, 0.5) is 0 Å². The van der Waals surface area contributed by atoms with E-state index in [4.69, 9.17) is 11.6 Å². The van der Waals surface area contributed by atoms with Crippen LogP contribution in [0.15, 0.2) is 109 Å². The van der Waals surface area contributed by atoms with E-state index in [2.05, 4.69) is 123 Å². The van der Waals surface area contributed by atoms with Gasteiger partial charge in [-0.25, -0.2) is 0 Å². The molecular formula is C27H26ClP.